The molecule has 1 aromatic rings. The first-order chi connectivity index (χ1) is 6.15. The van der Waals surface area contributed by atoms with Crippen LogP contribution in [0, 0.1) is 5.82 Å². The van der Waals surface area contributed by atoms with Crippen molar-refractivity contribution in [2.75, 3.05) is 11.4 Å². The number of rotatable bonds is 3. The summed E-state index contributed by atoms with van der Waals surface area (Å²) < 4.78 is 12.6. The molecule has 72 valence electrons. The maximum absolute atomic E-state index is 12.6. The highest BCUT2D eigenvalue weighted by molar-refractivity contribution is 5.46. The number of anilines is 1. The minimum absolute atomic E-state index is 0.177. The van der Waals surface area contributed by atoms with E-state index >= 15 is 0 Å². The Bertz CT molecular complexity index is 253. The second kappa shape index (κ2) is 4.26. The summed E-state index contributed by atoms with van der Waals surface area (Å²) in [5, 5.41) is 0. The first kappa shape index (κ1) is 10.0. The van der Waals surface area contributed by atoms with Crippen LogP contribution in [0.25, 0.3) is 0 Å². The molecule has 0 aromatic heterocycles. The molecule has 1 aromatic carbocycles. The lowest BCUT2D eigenvalue weighted by molar-refractivity contribution is 0.626. The summed E-state index contributed by atoms with van der Waals surface area (Å²) in [5.41, 5.74) is 1.08. The summed E-state index contributed by atoms with van der Waals surface area (Å²) >= 11 is 0. The smallest absolute Gasteiger partial charge is 0.123 e. The zero-order chi connectivity index (χ0) is 9.84. The van der Waals surface area contributed by atoms with E-state index in [0.29, 0.717) is 6.04 Å². The molecular weight excluding hydrogens is 165 g/mol. The van der Waals surface area contributed by atoms with Crippen LogP contribution >= 0.6 is 0 Å². The standard InChI is InChI=1S/C11H16FN/c1-4-13(9(2)3)11-7-5-10(12)6-8-11/h5-9H,4H2,1-3H3. The highest BCUT2D eigenvalue weighted by Gasteiger charge is 2.07. The van der Waals surface area contributed by atoms with Crippen LogP contribution in [0.15, 0.2) is 24.3 Å². The fourth-order valence-corrected chi connectivity index (χ4v) is 1.48. The molecule has 0 N–H and O–H groups in total. The lowest BCUT2D eigenvalue weighted by Crippen LogP contribution is -2.30. The van der Waals surface area contributed by atoms with Crippen molar-refractivity contribution in [3.63, 3.8) is 0 Å². The number of hydrogen-bond donors (Lipinski definition) is 0. The fourth-order valence-electron chi connectivity index (χ4n) is 1.48. The second-order valence-corrected chi connectivity index (χ2v) is 3.36. The number of halogens is 1. The Morgan fingerprint density at radius 2 is 1.77 bits per heavy atom. The van der Waals surface area contributed by atoms with E-state index < -0.39 is 0 Å². The molecule has 0 radical (unpaired) electrons. The van der Waals surface area contributed by atoms with Gasteiger partial charge < -0.3 is 4.90 Å². The van der Waals surface area contributed by atoms with E-state index in [2.05, 4.69) is 25.7 Å². The predicted octanol–water partition coefficient (Wildman–Crippen LogP) is 3.06. The quantitative estimate of drug-likeness (QED) is 0.692. The Morgan fingerprint density at radius 1 is 1.23 bits per heavy atom. The number of nitrogens with zero attached hydrogens (tertiary/aromatic N) is 1. The van der Waals surface area contributed by atoms with Crippen LogP contribution in [0.2, 0.25) is 0 Å². The van der Waals surface area contributed by atoms with Crippen LogP contribution in [0.5, 0.6) is 0 Å². The lowest BCUT2D eigenvalue weighted by Gasteiger charge is -2.27. The van der Waals surface area contributed by atoms with E-state index in [0.717, 1.165) is 12.2 Å². The molecule has 13 heavy (non-hydrogen) atoms. The van der Waals surface area contributed by atoms with E-state index in [1.807, 2.05) is 12.1 Å². The van der Waals surface area contributed by atoms with E-state index in [4.69, 9.17) is 0 Å². The summed E-state index contributed by atoms with van der Waals surface area (Å²) in [6, 6.07) is 7.09. The molecule has 0 fully saturated rings. The summed E-state index contributed by atoms with van der Waals surface area (Å²) in [6.45, 7) is 7.31. The Hall–Kier alpha value is -1.05. The minimum atomic E-state index is -0.177. The zero-order valence-corrected chi connectivity index (χ0v) is 8.42. The van der Waals surface area contributed by atoms with Gasteiger partial charge in [-0.2, -0.15) is 0 Å². The monoisotopic (exact) mass is 181 g/mol. The summed E-state index contributed by atoms with van der Waals surface area (Å²) in [4.78, 5) is 2.22. The van der Waals surface area contributed by atoms with Crippen LogP contribution in [0.1, 0.15) is 20.8 Å². The van der Waals surface area contributed by atoms with Gasteiger partial charge in [0.2, 0.25) is 0 Å². The van der Waals surface area contributed by atoms with Crippen LogP contribution < -0.4 is 4.90 Å². The third-order valence-electron chi connectivity index (χ3n) is 2.12. The average molecular weight is 181 g/mol. The lowest BCUT2D eigenvalue weighted by atomic mass is 10.2. The van der Waals surface area contributed by atoms with Crippen molar-refractivity contribution >= 4 is 5.69 Å². The van der Waals surface area contributed by atoms with Gasteiger partial charge in [-0.15, -0.1) is 0 Å². The van der Waals surface area contributed by atoms with Crippen molar-refractivity contribution in [3.8, 4) is 0 Å². The first-order valence-electron chi connectivity index (χ1n) is 4.67. The van der Waals surface area contributed by atoms with E-state index in [9.17, 15) is 4.39 Å². The molecule has 1 rings (SSSR count). The molecule has 0 amide bonds. The van der Waals surface area contributed by atoms with Crippen LogP contribution in [0.3, 0.4) is 0 Å². The highest BCUT2D eigenvalue weighted by atomic mass is 19.1. The van der Waals surface area contributed by atoms with Crippen molar-refractivity contribution < 1.29 is 4.39 Å². The molecule has 0 aliphatic heterocycles. The molecule has 0 bridgehead atoms. The Kier molecular flexibility index (Phi) is 3.29. The average Bonchev–Trinajstić information content (AvgIpc) is 2.09. The highest BCUT2D eigenvalue weighted by Crippen LogP contribution is 2.16. The molecule has 0 atom stereocenters. The summed E-state index contributed by atoms with van der Waals surface area (Å²) in [6.07, 6.45) is 0. The Labute approximate surface area is 79.2 Å². The van der Waals surface area contributed by atoms with Crippen LogP contribution in [-0.4, -0.2) is 12.6 Å². The summed E-state index contributed by atoms with van der Waals surface area (Å²) in [5.74, 6) is -0.177. The van der Waals surface area contributed by atoms with Gasteiger partial charge in [-0.3, -0.25) is 0 Å². The Balaban J connectivity index is 2.86. The minimum Gasteiger partial charge on any atom is -0.369 e. The largest absolute Gasteiger partial charge is 0.369 e. The normalized spacial score (nSPS) is 10.5. The van der Waals surface area contributed by atoms with Crippen molar-refractivity contribution in [2.24, 2.45) is 0 Å². The SMILES string of the molecule is CCN(c1ccc(F)cc1)C(C)C. The van der Waals surface area contributed by atoms with E-state index in [1.165, 1.54) is 12.1 Å². The third-order valence-corrected chi connectivity index (χ3v) is 2.12. The molecule has 0 saturated carbocycles. The van der Waals surface area contributed by atoms with Gasteiger partial charge in [-0.05, 0) is 45.0 Å². The molecule has 2 heteroatoms. The van der Waals surface area contributed by atoms with Gasteiger partial charge in [0, 0.05) is 18.3 Å². The van der Waals surface area contributed by atoms with Crippen LogP contribution in [0.4, 0.5) is 10.1 Å². The molecular formula is C11H16FN. The van der Waals surface area contributed by atoms with Gasteiger partial charge in [0.25, 0.3) is 0 Å². The maximum atomic E-state index is 12.6. The topological polar surface area (TPSA) is 3.24 Å². The molecule has 0 heterocycles. The second-order valence-electron chi connectivity index (χ2n) is 3.36. The van der Waals surface area contributed by atoms with Gasteiger partial charge in [0.15, 0.2) is 0 Å². The van der Waals surface area contributed by atoms with Crippen molar-refractivity contribution in [1.29, 1.82) is 0 Å². The molecule has 0 unspecified atom stereocenters. The van der Waals surface area contributed by atoms with Gasteiger partial charge >= 0.3 is 0 Å². The third kappa shape index (κ3) is 2.44. The number of benzene rings is 1. The molecule has 0 aliphatic carbocycles. The molecule has 0 spiro atoms. The zero-order valence-electron chi connectivity index (χ0n) is 8.42. The van der Waals surface area contributed by atoms with Gasteiger partial charge in [-0.25, -0.2) is 4.39 Å². The first-order valence-corrected chi connectivity index (χ1v) is 4.67. The van der Waals surface area contributed by atoms with E-state index in [-0.39, 0.29) is 5.82 Å². The van der Waals surface area contributed by atoms with Crippen molar-refractivity contribution in [1.82, 2.24) is 0 Å². The van der Waals surface area contributed by atoms with E-state index in [1.54, 1.807) is 0 Å². The molecule has 1 nitrogen and oxygen atoms in total. The fraction of sp³-hybridized carbons (Fsp3) is 0.455. The predicted molar refractivity (Wildman–Crippen MR) is 54.6 cm³/mol. The number of hydrogen-bond acceptors (Lipinski definition) is 1. The van der Waals surface area contributed by atoms with Gasteiger partial charge in [0.1, 0.15) is 5.82 Å². The summed E-state index contributed by atoms with van der Waals surface area (Å²) in [7, 11) is 0. The molecule has 0 saturated heterocycles. The van der Waals surface area contributed by atoms with Gasteiger partial charge in [0.05, 0.1) is 0 Å². The van der Waals surface area contributed by atoms with Crippen molar-refractivity contribution in [2.45, 2.75) is 26.8 Å². The van der Waals surface area contributed by atoms with Crippen molar-refractivity contribution in [3.05, 3.63) is 30.1 Å². The van der Waals surface area contributed by atoms with Crippen LogP contribution in [-0.2, 0) is 0 Å². The Morgan fingerprint density at radius 3 is 2.15 bits per heavy atom. The molecule has 0 aliphatic rings. The maximum Gasteiger partial charge on any atom is 0.123 e. The van der Waals surface area contributed by atoms with Gasteiger partial charge in [-0.1, -0.05) is 0 Å².